The number of benzene rings is 1. The standard InChI is InChI=1S/C11H14ClFN2O2/c1-7(6-17-2)14-11(16)15-10-5-8(12)3-4-9(10)13/h3-5,7H,6H2,1-2H3,(H2,14,15,16)/t7-/m0/s1. The van der Waals surface area contributed by atoms with Crippen LogP contribution in [-0.4, -0.2) is 25.8 Å². The fourth-order valence-corrected chi connectivity index (χ4v) is 1.44. The molecule has 0 fully saturated rings. The fourth-order valence-electron chi connectivity index (χ4n) is 1.27. The maximum atomic E-state index is 13.3. The van der Waals surface area contributed by atoms with Gasteiger partial charge in [0.2, 0.25) is 0 Å². The third kappa shape index (κ3) is 4.58. The van der Waals surface area contributed by atoms with Crippen LogP contribution >= 0.6 is 11.6 Å². The molecule has 0 saturated heterocycles. The van der Waals surface area contributed by atoms with Gasteiger partial charge in [-0.2, -0.15) is 0 Å². The molecule has 1 atom stereocenters. The van der Waals surface area contributed by atoms with Crippen LogP contribution in [0, 0.1) is 5.82 Å². The second kappa shape index (κ2) is 6.42. The third-order valence-electron chi connectivity index (χ3n) is 1.97. The molecule has 0 spiro atoms. The highest BCUT2D eigenvalue weighted by molar-refractivity contribution is 6.30. The highest BCUT2D eigenvalue weighted by atomic mass is 35.5. The second-order valence-corrected chi connectivity index (χ2v) is 4.02. The monoisotopic (exact) mass is 260 g/mol. The molecule has 1 rings (SSSR count). The molecule has 0 aliphatic heterocycles. The van der Waals surface area contributed by atoms with E-state index in [2.05, 4.69) is 10.6 Å². The van der Waals surface area contributed by atoms with E-state index < -0.39 is 11.8 Å². The number of hydrogen-bond acceptors (Lipinski definition) is 2. The molecule has 2 N–H and O–H groups in total. The van der Waals surface area contributed by atoms with Gasteiger partial charge in [-0.05, 0) is 25.1 Å². The van der Waals surface area contributed by atoms with Gasteiger partial charge >= 0.3 is 6.03 Å². The maximum absolute atomic E-state index is 13.3. The summed E-state index contributed by atoms with van der Waals surface area (Å²) in [5.74, 6) is -0.538. The number of carbonyl (C=O) groups is 1. The molecule has 0 unspecified atom stereocenters. The van der Waals surface area contributed by atoms with E-state index in [9.17, 15) is 9.18 Å². The molecule has 17 heavy (non-hydrogen) atoms. The van der Waals surface area contributed by atoms with Crippen LogP contribution in [0.5, 0.6) is 0 Å². The molecule has 2 amide bonds. The molecule has 0 bridgehead atoms. The SMILES string of the molecule is COC[C@H](C)NC(=O)Nc1cc(Cl)ccc1F. The van der Waals surface area contributed by atoms with E-state index in [-0.39, 0.29) is 11.7 Å². The predicted molar refractivity (Wildman–Crippen MR) is 64.9 cm³/mol. The number of urea groups is 1. The molecular weight excluding hydrogens is 247 g/mol. The van der Waals surface area contributed by atoms with Crippen LogP contribution in [-0.2, 0) is 4.74 Å². The zero-order chi connectivity index (χ0) is 12.8. The summed E-state index contributed by atoms with van der Waals surface area (Å²) in [6.07, 6.45) is 0. The summed E-state index contributed by atoms with van der Waals surface area (Å²) in [4.78, 5) is 11.5. The minimum Gasteiger partial charge on any atom is -0.383 e. The van der Waals surface area contributed by atoms with Gasteiger partial charge in [-0.15, -0.1) is 0 Å². The molecule has 1 aromatic carbocycles. The van der Waals surface area contributed by atoms with E-state index in [0.29, 0.717) is 11.6 Å². The van der Waals surface area contributed by atoms with E-state index in [1.807, 2.05) is 0 Å². The summed E-state index contributed by atoms with van der Waals surface area (Å²) in [5, 5.41) is 5.32. The minimum absolute atomic E-state index is 0.0413. The summed E-state index contributed by atoms with van der Waals surface area (Å²) in [5.41, 5.74) is 0.0413. The topological polar surface area (TPSA) is 50.4 Å². The highest BCUT2D eigenvalue weighted by Gasteiger charge is 2.09. The Balaban J connectivity index is 2.58. The largest absolute Gasteiger partial charge is 0.383 e. The smallest absolute Gasteiger partial charge is 0.319 e. The van der Waals surface area contributed by atoms with Crippen molar-refractivity contribution in [2.75, 3.05) is 19.0 Å². The molecule has 4 nitrogen and oxygen atoms in total. The number of nitrogens with one attached hydrogen (secondary N) is 2. The molecule has 0 aliphatic rings. The summed E-state index contributed by atoms with van der Waals surface area (Å²) >= 11 is 5.70. The van der Waals surface area contributed by atoms with Crippen molar-refractivity contribution >= 4 is 23.3 Å². The Kier molecular flexibility index (Phi) is 5.18. The number of rotatable bonds is 4. The predicted octanol–water partition coefficient (Wildman–Crippen LogP) is 2.64. The van der Waals surface area contributed by atoms with Gasteiger partial charge in [0.05, 0.1) is 18.3 Å². The Bertz CT molecular complexity index is 401. The summed E-state index contributed by atoms with van der Waals surface area (Å²) < 4.78 is 18.1. The average Bonchev–Trinajstić information content (AvgIpc) is 2.23. The van der Waals surface area contributed by atoms with E-state index >= 15 is 0 Å². The van der Waals surface area contributed by atoms with Gasteiger partial charge in [-0.1, -0.05) is 11.6 Å². The molecule has 6 heteroatoms. The quantitative estimate of drug-likeness (QED) is 0.874. The van der Waals surface area contributed by atoms with Crippen LogP contribution in [0.4, 0.5) is 14.9 Å². The van der Waals surface area contributed by atoms with Gasteiger partial charge in [0.1, 0.15) is 5.82 Å². The number of anilines is 1. The van der Waals surface area contributed by atoms with Crippen LogP contribution in [0.15, 0.2) is 18.2 Å². The van der Waals surface area contributed by atoms with Crippen molar-refractivity contribution in [1.29, 1.82) is 0 Å². The van der Waals surface area contributed by atoms with Crippen LogP contribution in [0.3, 0.4) is 0 Å². The van der Waals surface area contributed by atoms with Crippen molar-refractivity contribution in [3.8, 4) is 0 Å². The van der Waals surface area contributed by atoms with Crippen LogP contribution in [0.2, 0.25) is 5.02 Å². The van der Waals surface area contributed by atoms with Crippen molar-refractivity contribution in [3.05, 3.63) is 29.0 Å². The lowest BCUT2D eigenvalue weighted by Gasteiger charge is -2.14. The van der Waals surface area contributed by atoms with Crippen molar-refractivity contribution < 1.29 is 13.9 Å². The van der Waals surface area contributed by atoms with Crippen LogP contribution in [0.1, 0.15) is 6.92 Å². The van der Waals surface area contributed by atoms with Gasteiger partial charge in [-0.25, -0.2) is 9.18 Å². The van der Waals surface area contributed by atoms with Gasteiger partial charge in [-0.3, -0.25) is 0 Å². The molecule has 0 saturated carbocycles. The third-order valence-corrected chi connectivity index (χ3v) is 2.21. The first-order chi connectivity index (χ1) is 8.02. The highest BCUT2D eigenvalue weighted by Crippen LogP contribution is 2.19. The Hall–Kier alpha value is -1.33. The van der Waals surface area contributed by atoms with Crippen molar-refractivity contribution in [1.82, 2.24) is 5.32 Å². The Morgan fingerprint density at radius 3 is 2.94 bits per heavy atom. The van der Waals surface area contributed by atoms with E-state index in [0.717, 1.165) is 0 Å². The molecule has 0 aromatic heterocycles. The van der Waals surface area contributed by atoms with Gasteiger partial charge in [0.25, 0.3) is 0 Å². The summed E-state index contributed by atoms with van der Waals surface area (Å²) in [7, 11) is 1.53. The lowest BCUT2D eigenvalue weighted by atomic mass is 10.3. The number of ether oxygens (including phenoxy) is 1. The molecule has 0 heterocycles. The summed E-state index contributed by atoms with van der Waals surface area (Å²) in [6.45, 7) is 2.16. The van der Waals surface area contributed by atoms with E-state index in [1.54, 1.807) is 6.92 Å². The van der Waals surface area contributed by atoms with Crippen molar-refractivity contribution in [2.45, 2.75) is 13.0 Å². The number of carbonyl (C=O) groups excluding carboxylic acids is 1. The first kappa shape index (κ1) is 13.7. The van der Waals surface area contributed by atoms with Crippen molar-refractivity contribution in [3.63, 3.8) is 0 Å². The van der Waals surface area contributed by atoms with E-state index in [1.165, 1.54) is 25.3 Å². The molecule has 94 valence electrons. The molecule has 0 aliphatic carbocycles. The van der Waals surface area contributed by atoms with Gasteiger partial charge in [0, 0.05) is 12.1 Å². The van der Waals surface area contributed by atoms with Crippen LogP contribution < -0.4 is 10.6 Å². The van der Waals surface area contributed by atoms with E-state index in [4.69, 9.17) is 16.3 Å². The number of amides is 2. The first-order valence-electron chi connectivity index (χ1n) is 5.04. The zero-order valence-electron chi connectivity index (χ0n) is 9.59. The normalized spacial score (nSPS) is 12.0. The molecular formula is C11H14ClFN2O2. The number of halogens is 2. The Labute approximate surface area is 104 Å². The maximum Gasteiger partial charge on any atom is 0.319 e. The van der Waals surface area contributed by atoms with Gasteiger partial charge in [0.15, 0.2) is 0 Å². The van der Waals surface area contributed by atoms with Crippen LogP contribution in [0.25, 0.3) is 0 Å². The van der Waals surface area contributed by atoms with Crippen molar-refractivity contribution in [2.24, 2.45) is 0 Å². The molecule has 0 radical (unpaired) electrons. The number of methoxy groups -OCH3 is 1. The Morgan fingerprint density at radius 1 is 1.59 bits per heavy atom. The minimum atomic E-state index is -0.538. The average molecular weight is 261 g/mol. The zero-order valence-corrected chi connectivity index (χ0v) is 10.3. The Morgan fingerprint density at radius 2 is 2.29 bits per heavy atom. The lowest BCUT2D eigenvalue weighted by molar-refractivity contribution is 0.173. The summed E-state index contributed by atoms with van der Waals surface area (Å²) in [6, 6.07) is 3.28. The van der Waals surface area contributed by atoms with Gasteiger partial charge < -0.3 is 15.4 Å². The second-order valence-electron chi connectivity index (χ2n) is 3.58. The molecule has 1 aromatic rings. The first-order valence-corrected chi connectivity index (χ1v) is 5.42. The lowest BCUT2D eigenvalue weighted by Crippen LogP contribution is -2.38. The fraction of sp³-hybridized carbons (Fsp3) is 0.364. The number of hydrogen-bond donors (Lipinski definition) is 2.